The molecular weight excluding hydrogens is 342 g/mol. The van der Waals surface area contributed by atoms with Crippen LogP contribution in [-0.4, -0.2) is 35.2 Å². The lowest BCUT2D eigenvalue weighted by molar-refractivity contribution is -0.119. The van der Waals surface area contributed by atoms with Crippen LogP contribution in [0.4, 0.5) is 10.5 Å². The molecule has 0 bridgehead atoms. The number of likely N-dealkylation sites (tertiary alicyclic amines) is 1. The van der Waals surface area contributed by atoms with Crippen LogP contribution < -0.4 is 10.6 Å². The van der Waals surface area contributed by atoms with E-state index >= 15 is 0 Å². The highest BCUT2D eigenvalue weighted by atomic mass is 16.2. The molecule has 1 aliphatic heterocycles. The Labute approximate surface area is 158 Å². The van der Waals surface area contributed by atoms with Gasteiger partial charge in [0.25, 0.3) is 0 Å². The molecule has 0 aliphatic carbocycles. The van der Waals surface area contributed by atoms with E-state index in [1.807, 2.05) is 30.3 Å². The molecule has 27 heavy (non-hydrogen) atoms. The van der Waals surface area contributed by atoms with Crippen LogP contribution in [-0.2, 0) is 11.3 Å². The summed E-state index contributed by atoms with van der Waals surface area (Å²) in [6, 6.07) is 15.7. The fraction of sp³-hybridized carbons (Fsp3) is 0.286. The van der Waals surface area contributed by atoms with Gasteiger partial charge in [-0.15, -0.1) is 0 Å². The van der Waals surface area contributed by atoms with Gasteiger partial charge >= 0.3 is 6.03 Å². The van der Waals surface area contributed by atoms with Crippen LogP contribution in [0.5, 0.6) is 0 Å². The van der Waals surface area contributed by atoms with E-state index in [0.29, 0.717) is 30.8 Å². The molecule has 0 radical (unpaired) electrons. The van der Waals surface area contributed by atoms with E-state index in [1.54, 1.807) is 29.2 Å². The Morgan fingerprint density at radius 2 is 1.74 bits per heavy atom. The average molecular weight is 365 g/mol. The zero-order chi connectivity index (χ0) is 19.2. The van der Waals surface area contributed by atoms with E-state index in [9.17, 15) is 14.4 Å². The van der Waals surface area contributed by atoms with Crippen molar-refractivity contribution in [1.82, 2.24) is 10.2 Å². The molecule has 1 atom stereocenters. The SMILES string of the molecule is CC(=O)c1ccc(NC(=O)C2CCCN2C(=O)NCc2ccccc2)cc1. The Morgan fingerprint density at radius 3 is 2.41 bits per heavy atom. The minimum Gasteiger partial charge on any atom is -0.334 e. The maximum atomic E-state index is 12.6. The van der Waals surface area contributed by atoms with Crippen molar-refractivity contribution < 1.29 is 14.4 Å². The fourth-order valence-corrected chi connectivity index (χ4v) is 3.17. The van der Waals surface area contributed by atoms with Gasteiger partial charge in [-0.2, -0.15) is 0 Å². The van der Waals surface area contributed by atoms with Crippen molar-refractivity contribution in [2.75, 3.05) is 11.9 Å². The lowest BCUT2D eigenvalue weighted by Crippen LogP contribution is -2.47. The molecule has 0 saturated carbocycles. The van der Waals surface area contributed by atoms with Gasteiger partial charge in [-0.05, 0) is 49.6 Å². The first-order valence-electron chi connectivity index (χ1n) is 9.05. The number of urea groups is 1. The van der Waals surface area contributed by atoms with Crippen LogP contribution in [0.3, 0.4) is 0 Å². The van der Waals surface area contributed by atoms with E-state index in [2.05, 4.69) is 10.6 Å². The molecule has 2 aromatic carbocycles. The summed E-state index contributed by atoms with van der Waals surface area (Å²) in [7, 11) is 0. The van der Waals surface area contributed by atoms with Crippen LogP contribution in [0.15, 0.2) is 54.6 Å². The first kappa shape index (κ1) is 18.6. The van der Waals surface area contributed by atoms with Gasteiger partial charge in [0.1, 0.15) is 6.04 Å². The topological polar surface area (TPSA) is 78.5 Å². The molecule has 6 nitrogen and oxygen atoms in total. The van der Waals surface area contributed by atoms with Crippen LogP contribution in [0, 0.1) is 0 Å². The summed E-state index contributed by atoms with van der Waals surface area (Å²) in [4.78, 5) is 38.0. The van der Waals surface area contributed by atoms with E-state index in [4.69, 9.17) is 0 Å². The van der Waals surface area contributed by atoms with Gasteiger partial charge in [-0.3, -0.25) is 9.59 Å². The summed E-state index contributed by atoms with van der Waals surface area (Å²) in [6.45, 7) is 2.48. The fourth-order valence-electron chi connectivity index (χ4n) is 3.17. The molecule has 2 N–H and O–H groups in total. The number of carbonyl (C=O) groups excluding carboxylic acids is 3. The molecule has 3 amide bonds. The molecule has 3 rings (SSSR count). The molecule has 1 saturated heterocycles. The van der Waals surface area contributed by atoms with Gasteiger partial charge in [-0.25, -0.2) is 4.79 Å². The first-order chi connectivity index (χ1) is 13.0. The smallest absolute Gasteiger partial charge is 0.318 e. The van der Waals surface area contributed by atoms with E-state index in [-0.39, 0.29) is 17.7 Å². The van der Waals surface area contributed by atoms with Crippen LogP contribution >= 0.6 is 0 Å². The van der Waals surface area contributed by atoms with Crippen LogP contribution in [0.25, 0.3) is 0 Å². The lowest BCUT2D eigenvalue weighted by atomic mass is 10.1. The summed E-state index contributed by atoms with van der Waals surface area (Å²) in [5.74, 6) is -0.233. The lowest BCUT2D eigenvalue weighted by Gasteiger charge is -2.24. The van der Waals surface area contributed by atoms with Crippen molar-refractivity contribution in [3.8, 4) is 0 Å². The number of nitrogens with one attached hydrogen (secondary N) is 2. The van der Waals surface area contributed by atoms with Crippen molar-refractivity contribution in [2.45, 2.75) is 32.4 Å². The minimum absolute atomic E-state index is 0.0232. The Bertz CT molecular complexity index is 818. The monoisotopic (exact) mass is 365 g/mol. The minimum atomic E-state index is -0.492. The maximum Gasteiger partial charge on any atom is 0.318 e. The molecule has 6 heteroatoms. The standard InChI is InChI=1S/C21H23N3O3/c1-15(25)17-9-11-18(12-10-17)23-20(26)19-8-5-13-24(19)21(27)22-14-16-6-3-2-4-7-16/h2-4,6-7,9-12,19H,5,8,13-14H2,1H3,(H,22,27)(H,23,26). The zero-order valence-corrected chi connectivity index (χ0v) is 15.3. The average Bonchev–Trinajstić information content (AvgIpc) is 3.17. The van der Waals surface area contributed by atoms with Gasteiger partial charge in [0, 0.05) is 24.3 Å². The third-order valence-electron chi connectivity index (χ3n) is 4.66. The second-order valence-electron chi connectivity index (χ2n) is 6.62. The Kier molecular flexibility index (Phi) is 5.86. The number of amides is 3. The van der Waals surface area contributed by atoms with Crippen LogP contribution in [0.2, 0.25) is 0 Å². The second-order valence-corrected chi connectivity index (χ2v) is 6.62. The number of rotatable bonds is 5. The molecule has 1 aliphatic rings. The summed E-state index contributed by atoms with van der Waals surface area (Å²) >= 11 is 0. The van der Waals surface area contributed by atoms with Gasteiger partial charge in [-0.1, -0.05) is 30.3 Å². The van der Waals surface area contributed by atoms with E-state index in [0.717, 1.165) is 12.0 Å². The predicted molar refractivity (Wildman–Crippen MR) is 103 cm³/mol. The Morgan fingerprint density at radius 1 is 1.04 bits per heavy atom. The molecule has 0 aromatic heterocycles. The number of nitrogens with zero attached hydrogens (tertiary/aromatic N) is 1. The molecule has 1 heterocycles. The molecule has 140 valence electrons. The van der Waals surface area contributed by atoms with Gasteiger partial charge < -0.3 is 15.5 Å². The van der Waals surface area contributed by atoms with Gasteiger partial charge in [0.2, 0.25) is 5.91 Å². The highest BCUT2D eigenvalue weighted by Crippen LogP contribution is 2.20. The van der Waals surface area contributed by atoms with Gasteiger partial charge in [0.05, 0.1) is 0 Å². The largest absolute Gasteiger partial charge is 0.334 e. The van der Waals surface area contributed by atoms with Crippen molar-refractivity contribution in [3.05, 3.63) is 65.7 Å². The van der Waals surface area contributed by atoms with Crippen molar-refractivity contribution in [1.29, 1.82) is 0 Å². The zero-order valence-electron chi connectivity index (χ0n) is 15.3. The number of carbonyl (C=O) groups is 3. The molecule has 0 spiro atoms. The highest BCUT2D eigenvalue weighted by molar-refractivity contribution is 5.98. The summed E-state index contributed by atoms with van der Waals surface area (Å²) < 4.78 is 0. The Balaban J connectivity index is 1.58. The molecular formula is C21H23N3O3. The third-order valence-corrected chi connectivity index (χ3v) is 4.66. The predicted octanol–water partition coefficient (Wildman–Crippen LogP) is 3.20. The van der Waals surface area contributed by atoms with E-state index in [1.165, 1.54) is 6.92 Å². The number of anilines is 1. The first-order valence-corrected chi connectivity index (χ1v) is 9.05. The van der Waals surface area contributed by atoms with E-state index < -0.39 is 6.04 Å². The highest BCUT2D eigenvalue weighted by Gasteiger charge is 2.34. The number of hydrogen-bond acceptors (Lipinski definition) is 3. The Hall–Kier alpha value is -3.15. The number of ketones is 1. The number of hydrogen-bond donors (Lipinski definition) is 2. The summed E-state index contributed by atoms with van der Waals surface area (Å²) in [5.41, 5.74) is 2.22. The normalized spacial score (nSPS) is 16.0. The van der Waals surface area contributed by atoms with Crippen molar-refractivity contribution in [2.24, 2.45) is 0 Å². The van der Waals surface area contributed by atoms with Gasteiger partial charge in [0.15, 0.2) is 5.78 Å². The second kappa shape index (κ2) is 8.49. The summed E-state index contributed by atoms with van der Waals surface area (Å²) in [6.07, 6.45) is 1.43. The van der Waals surface area contributed by atoms with Crippen molar-refractivity contribution in [3.63, 3.8) is 0 Å². The summed E-state index contributed by atoms with van der Waals surface area (Å²) in [5, 5.41) is 5.72. The van der Waals surface area contributed by atoms with Crippen molar-refractivity contribution >= 4 is 23.4 Å². The molecule has 2 aromatic rings. The maximum absolute atomic E-state index is 12.6. The molecule has 1 fully saturated rings. The quantitative estimate of drug-likeness (QED) is 0.799. The van der Waals surface area contributed by atoms with Crippen LogP contribution in [0.1, 0.15) is 35.7 Å². The molecule has 1 unspecified atom stereocenters. The third kappa shape index (κ3) is 4.73. The number of Topliss-reactive ketones (excluding diaryl/α,β-unsaturated/α-hetero) is 1. The number of benzene rings is 2.